The lowest BCUT2D eigenvalue weighted by molar-refractivity contribution is 0.102. The molecule has 0 radical (unpaired) electrons. The van der Waals surface area contributed by atoms with Gasteiger partial charge < -0.3 is 15.2 Å². The molecule has 0 bridgehead atoms. The van der Waals surface area contributed by atoms with Crippen LogP contribution >= 0.6 is 11.6 Å². The molecule has 29 heavy (non-hydrogen) atoms. The lowest BCUT2D eigenvalue weighted by Crippen LogP contribution is -2.25. The van der Waals surface area contributed by atoms with Crippen LogP contribution in [0.1, 0.15) is 29.8 Å². The Kier molecular flexibility index (Phi) is 6.34. The molecule has 3 aromatic rings. The molecule has 6 nitrogen and oxygen atoms in total. The van der Waals surface area contributed by atoms with Crippen LogP contribution in [0.4, 0.5) is 11.4 Å². The van der Waals surface area contributed by atoms with Gasteiger partial charge in [0.25, 0.3) is 11.5 Å². The van der Waals surface area contributed by atoms with Crippen LogP contribution in [0.3, 0.4) is 0 Å². The molecule has 3 rings (SSSR count). The number of anilines is 2. The summed E-state index contributed by atoms with van der Waals surface area (Å²) in [6.07, 6.45) is 1.29. The summed E-state index contributed by atoms with van der Waals surface area (Å²) in [5.74, 6) is -0.122. The molecule has 0 atom stereocenters. The van der Waals surface area contributed by atoms with E-state index in [9.17, 15) is 9.59 Å². The summed E-state index contributed by atoms with van der Waals surface area (Å²) >= 11 is 5.88. The summed E-state index contributed by atoms with van der Waals surface area (Å²) in [6.45, 7) is 7.93. The molecule has 1 heterocycles. The molecule has 0 saturated heterocycles. The molecule has 150 valence electrons. The van der Waals surface area contributed by atoms with E-state index in [4.69, 9.17) is 11.6 Å². The maximum atomic E-state index is 12.6. The highest BCUT2D eigenvalue weighted by Gasteiger charge is 2.14. The van der Waals surface area contributed by atoms with Crippen LogP contribution in [0.25, 0.3) is 11.4 Å². The van der Waals surface area contributed by atoms with Crippen LogP contribution in [-0.4, -0.2) is 29.0 Å². The Morgan fingerprint density at radius 1 is 1.14 bits per heavy atom. The molecule has 0 fully saturated rings. The van der Waals surface area contributed by atoms with E-state index in [1.165, 1.54) is 6.20 Å². The highest BCUT2D eigenvalue weighted by atomic mass is 35.5. The third kappa shape index (κ3) is 4.66. The zero-order valence-corrected chi connectivity index (χ0v) is 17.4. The van der Waals surface area contributed by atoms with E-state index in [0.29, 0.717) is 22.1 Å². The smallest absolute Gasteiger partial charge is 0.264 e. The molecule has 0 spiro atoms. The lowest BCUT2D eigenvalue weighted by atomic mass is 10.1. The Hall–Kier alpha value is -3.12. The Morgan fingerprint density at radius 2 is 1.83 bits per heavy atom. The Labute approximate surface area is 174 Å². The highest BCUT2D eigenvalue weighted by molar-refractivity contribution is 6.30. The van der Waals surface area contributed by atoms with Crippen LogP contribution in [0.15, 0.2) is 53.5 Å². The highest BCUT2D eigenvalue weighted by Crippen LogP contribution is 2.23. The van der Waals surface area contributed by atoms with Crippen molar-refractivity contribution in [1.29, 1.82) is 0 Å². The minimum Gasteiger partial charge on any atom is -0.372 e. The number of carbonyl (C=O) groups is 1. The molecule has 0 aliphatic heterocycles. The van der Waals surface area contributed by atoms with Crippen LogP contribution in [0.2, 0.25) is 5.02 Å². The summed E-state index contributed by atoms with van der Waals surface area (Å²) in [6, 6.07) is 12.8. The van der Waals surface area contributed by atoms with Crippen LogP contribution in [0.5, 0.6) is 0 Å². The molecule has 7 heteroatoms. The lowest BCUT2D eigenvalue weighted by Gasteiger charge is -2.22. The van der Waals surface area contributed by atoms with E-state index in [-0.39, 0.29) is 5.56 Å². The van der Waals surface area contributed by atoms with Gasteiger partial charge in [-0.15, -0.1) is 0 Å². The quantitative estimate of drug-likeness (QED) is 0.627. The number of aromatic nitrogens is 2. The molecular formula is C22H23ClN4O2. The Balaban J connectivity index is 1.80. The van der Waals surface area contributed by atoms with Gasteiger partial charge >= 0.3 is 0 Å². The summed E-state index contributed by atoms with van der Waals surface area (Å²) in [4.78, 5) is 34.1. The summed E-state index contributed by atoms with van der Waals surface area (Å²) in [5, 5.41) is 3.39. The van der Waals surface area contributed by atoms with Gasteiger partial charge in [-0.3, -0.25) is 9.59 Å². The van der Waals surface area contributed by atoms with Crippen molar-refractivity contribution in [2.24, 2.45) is 0 Å². The maximum absolute atomic E-state index is 12.6. The monoisotopic (exact) mass is 410 g/mol. The average Bonchev–Trinajstić information content (AvgIpc) is 2.71. The first-order chi connectivity index (χ1) is 13.9. The topological polar surface area (TPSA) is 78.1 Å². The van der Waals surface area contributed by atoms with Gasteiger partial charge in [0.2, 0.25) is 0 Å². The predicted molar refractivity (Wildman–Crippen MR) is 118 cm³/mol. The molecule has 2 N–H and O–H groups in total. The standard InChI is InChI=1S/C22H23ClN4O2/c1-4-27(5-2)17-10-11-19(14(3)12-17)25-21(28)18-13-24-20(26-22(18)29)15-6-8-16(23)9-7-15/h6-13H,4-5H2,1-3H3,(H,25,28)(H,24,26,29). The molecule has 0 aliphatic rings. The summed E-state index contributed by atoms with van der Waals surface area (Å²) in [7, 11) is 0. The predicted octanol–water partition coefficient (Wildman–Crippen LogP) is 4.50. The molecule has 1 aromatic heterocycles. The second-order valence-corrected chi connectivity index (χ2v) is 7.04. The van der Waals surface area contributed by atoms with Crippen molar-refractivity contribution in [1.82, 2.24) is 9.97 Å². The van der Waals surface area contributed by atoms with Crippen LogP contribution in [-0.2, 0) is 0 Å². The van der Waals surface area contributed by atoms with Gasteiger partial charge in [-0.2, -0.15) is 0 Å². The fraction of sp³-hybridized carbons (Fsp3) is 0.227. The van der Waals surface area contributed by atoms with E-state index < -0.39 is 11.5 Å². The van der Waals surface area contributed by atoms with E-state index in [2.05, 4.69) is 34.0 Å². The number of halogens is 1. The Bertz CT molecular complexity index is 1070. The minimum atomic E-state index is -0.500. The van der Waals surface area contributed by atoms with Crippen molar-refractivity contribution in [3.8, 4) is 11.4 Å². The normalized spacial score (nSPS) is 10.6. The number of benzene rings is 2. The van der Waals surface area contributed by atoms with E-state index in [1.807, 2.05) is 25.1 Å². The fourth-order valence-corrected chi connectivity index (χ4v) is 3.20. The molecule has 0 saturated carbocycles. The summed E-state index contributed by atoms with van der Waals surface area (Å²) < 4.78 is 0. The van der Waals surface area contributed by atoms with E-state index >= 15 is 0 Å². The molecule has 2 aromatic carbocycles. The van der Waals surface area contributed by atoms with E-state index in [0.717, 1.165) is 24.3 Å². The molecular weight excluding hydrogens is 388 g/mol. The zero-order valence-electron chi connectivity index (χ0n) is 16.6. The number of H-pyrrole nitrogens is 1. The summed E-state index contributed by atoms with van der Waals surface area (Å²) in [5.41, 5.74) is 2.84. The molecule has 0 unspecified atom stereocenters. The number of carbonyl (C=O) groups excluding carboxylic acids is 1. The van der Waals surface area contributed by atoms with Gasteiger partial charge in [-0.1, -0.05) is 11.6 Å². The first kappa shape index (κ1) is 20.6. The van der Waals surface area contributed by atoms with Gasteiger partial charge in [-0.05, 0) is 68.8 Å². The minimum absolute atomic E-state index is 0.0464. The number of nitrogens with zero attached hydrogens (tertiary/aromatic N) is 2. The van der Waals surface area contributed by atoms with Crippen molar-refractivity contribution < 1.29 is 4.79 Å². The Morgan fingerprint density at radius 3 is 2.41 bits per heavy atom. The first-order valence-corrected chi connectivity index (χ1v) is 9.83. The van der Waals surface area contributed by atoms with Gasteiger partial charge in [0.05, 0.1) is 0 Å². The first-order valence-electron chi connectivity index (χ1n) is 9.45. The van der Waals surface area contributed by atoms with Crippen molar-refractivity contribution in [2.75, 3.05) is 23.3 Å². The van der Waals surface area contributed by atoms with Crippen molar-refractivity contribution in [3.05, 3.63) is 75.2 Å². The van der Waals surface area contributed by atoms with Crippen molar-refractivity contribution in [2.45, 2.75) is 20.8 Å². The second kappa shape index (κ2) is 8.92. The maximum Gasteiger partial charge on any atom is 0.264 e. The van der Waals surface area contributed by atoms with Crippen LogP contribution in [0, 0.1) is 6.92 Å². The number of aromatic amines is 1. The van der Waals surface area contributed by atoms with Crippen molar-refractivity contribution >= 4 is 28.9 Å². The second-order valence-electron chi connectivity index (χ2n) is 6.61. The van der Waals surface area contributed by atoms with Gasteiger partial charge in [0, 0.05) is 41.2 Å². The number of nitrogens with one attached hydrogen (secondary N) is 2. The number of aryl methyl sites for hydroxylation is 1. The number of hydrogen-bond acceptors (Lipinski definition) is 4. The fourth-order valence-electron chi connectivity index (χ4n) is 3.07. The largest absolute Gasteiger partial charge is 0.372 e. The van der Waals surface area contributed by atoms with Crippen molar-refractivity contribution in [3.63, 3.8) is 0 Å². The van der Waals surface area contributed by atoms with Crippen LogP contribution < -0.4 is 15.8 Å². The average molecular weight is 411 g/mol. The zero-order chi connectivity index (χ0) is 21.0. The molecule has 1 amide bonds. The van der Waals surface area contributed by atoms with E-state index in [1.54, 1.807) is 24.3 Å². The van der Waals surface area contributed by atoms with Gasteiger partial charge in [-0.25, -0.2) is 4.98 Å². The van der Waals surface area contributed by atoms with Gasteiger partial charge in [0.15, 0.2) is 0 Å². The number of rotatable bonds is 6. The van der Waals surface area contributed by atoms with Gasteiger partial charge in [0.1, 0.15) is 11.4 Å². The number of amides is 1. The molecule has 0 aliphatic carbocycles. The number of hydrogen-bond donors (Lipinski definition) is 2. The third-order valence-electron chi connectivity index (χ3n) is 4.75. The SMILES string of the molecule is CCN(CC)c1ccc(NC(=O)c2cnc(-c3ccc(Cl)cc3)[nH]c2=O)c(C)c1. The third-order valence-corrected chi connectivity index (χ3v) is 5.00.